The Kier molecular flexibility index (Phi) is 5.48. The van der Waals surface area contributed by atoms with Crippen molar-refractivity contribution < 1.29 is 18.7 Å². The zero-order chi connectivity index (χ0) is 14.4. The highest BCUT2D eigenvalue weighted by Gasteiger charge is 2.27. The summed E-state index contributed by atoms with van der Waals surface area (Å²) in [5, 5.41) is 2.52. The number of methoxy groups -OCH3 is 1. The van der Waals surface area contributed by atoms with E-state index >= 15 is 0 Å². The Balaban J connectivity index is 2.88. The smallest absolute Gasteiger partial charge is 0.328 e. The van der Waals surface area contributed by atoms with Gasteiger partial charge in [-0.3, -0.25) is 4.79 Å². The van der Waals surface area contributed by atoms with Crippen LogP contribution in [0.2, 0.25) is 0 Å². The van der Waals surface area contributed by atoms with Crippen LogP contribution in [0.4, 0.5) is 4.39 Å². The number of esters is 1. The number of nitrogens with one attached hydrogen (secondary N) is 1. The molecule has 0 spiro atoms. The predicted octanol–water partition coefficient (Wildman–Crippen LogP) is 2.14. The maximum atomic E-state index is 13.5. The lowest BCUT2D eigenvalue weighted by molar-refractivity contribution is -0.144. The summed E-state index contributed by atoms with van der Waals surface area (Å²) < 4.78 is 18.1. The van der Waals surface area contributed by atoms with Crippen LogP contribution in [0, 0.1) is 11.7 Å². The van der Waals surface area contributed by atoms with Crippen LogP contribution in [0.15, 0.2) is 24.3 Å². The van der Waals surface area contributed by atoms with E-state index in [1.807, 2.05) is 13.8 Å². The molecule has 4 nitrogen and oxygen atoms in total. The van der Waals surface area contributed by atoms with Crippen molar-refractivity contribution in [2.24, 2.45) is 5.92 Å². The number of halogens is 1. The molecular formula is C14H18FNO3. The minimum absolute atomic E-state index is 0.0836. The van der Waals surface area contributed by atoms with Crippen molar-refractivity contribution in [3.05, 3.63) is 35.6 Å². The Morgan fingerprint density at radius 2 is 2.00 bits per heavy atom. The van der Waals surface area contributed by atoms with Gasteiger partial charge in [-0.2, -0.15) is 0 Å². The number of amides is 1. The first kappa shape index (κ1) is 15.1. The van der Waals surface area contributed by atoms with Crippen LogP contribution in [0.3, 0.4) is 0 Å². The van der Waals surface area contributed by atoms with E-state index in [2.05, 4.69) is 10.1 Å². The molecule has 1 amide bonds. The van der Waals surface area contributed by atoms with Crippen LogP contribution in [-0.4, -0.2) is 25.0 Å². The fourth-order valence-electron chi connectivity index (χ4n) is 1.66. The Labute approximate surface area is 112 Å². The standard InChI is InChI=1S/C14H18FNO3/c1-4-9(2)12(14(18)19-3)16-13(17)10-7-5-6-8-11(10)15/h5-9,12H,4H2,1-3H3,(H,16,17)/t9-,12-/m0/s1. The summed E-state index contributed by atoms with van der Waals surface area (Å²) in [5.74, 6) is -1.86. The molecule has 104 valence electrons. The molecular weight excluding hydrogens is 249 g/mol. The lowest BCUT2D eigenvalue weighted by Crippen LogP contribution is -2.45. The first-order valence-corrected chi connectivity index (χ1v) is 6.14. The third-order valence-electron chi connectivity index (χ3n) is 3.07. The van der Waals surface area contributed by atoms with Crippen LogP contribution >= 0.6 is 0 Å². The summed E-state index contributed by atoms with van der Waals surface area (Å²) in [6.45, 7) is 3.72. The van der Waals surface area contributed by atoms with Crippen molar-refractivity contribution in [3.63, 3.8) is 0 Å². The highest BCUT2D eigenvalue weighted by Crippen LogP contribution is 2.12. The number of carbonyl (C=O) groups excluding carboxylic acids is 2. The number of rotatable bonds is 5. The summed E-state index contributed by atoms with van der Waals surface area (Å²) in [7, 11) is 1.26. The van der Waals surface area contributed by atoms with E-state index in [-0.39, 0.29) is 11.5 Å². The van der Waals surface area contributed by atoms with Gasteiger partial charge < -0.3 is 10.1 Å². The maximum absolute atomic E-state index is 13.5. The summed E-state index contributed by atoms with van der Waals surface area (Å²) in [6, 6.07) is 4.86. The van der Waals surface area contributed by atoms with Crippen molar-refractivity contribution in [2.45, 2.75) is 26.3 Å². The molecule has 1 aromatic rings. The second-order valence-corrected chi connectivity index (χ2v) is 4.34. The van der Waals surface area contributed by atoms with Crippen molar-refractivity contribution in [1.29, 1.82) is 0 Å². The molecule has 0 saturated heterocycles. The number of hydrogen-bond acceptors (Lipinski definition) is 3. The predicted molar refractivity (Wildman–Crippen MR) is 69.1 cm³/mol. The van der Waals surface area contributed by atoms with Gasteiger partial charge in [0, 0.05) is 0 Å². The van der Waals surface area contributed by atoms with E-state index in [1.54, 1.807) is 6.07 Å². The van der Waals surface area contributed by atoms with Gasteiger partial charge in [-0.15, -0.1) is 0 Å². The van der Waals surface area contributed by atoms with Gasteiger partial charge in [-0.05, 0) is 18.1 Å². The molecule has 1 rings (SSSR count). The second kappa shape index (κ2) is 6.87. The summed E-state index contributed by atoms with van der Waals surface area (Å²) in [6.07, 6.45) is 0.692. The van der Waals surface area contributed by atoms with Crippen LogP contribution in [-0.2, 0) is 9.53 Å². The quantitative estimate of drug-likeness (QED) is 0.832. The lowest BCUT2D eigenvalue weighted by atomic mass is 9.99. The fourth-order valence-corrected chi connectivity index (χ4v) is 1.66. The van der Waals surface area contributed by atoms with Gasteiger partial charge in [-0.1, -0.05) is 32.4 Å². The summed E-state index contributed by atoms with van der Waals surface area (Å²) in [4.78, 5) is 23.6. The summed E-state index contributed by atoms with van der Waals surface area (Å²) >= 11 is 0. The van der Waals surface area contributed by atoms with Crippen LogP contribution in [0.1, 0.15) is 30.6 Å². The largest absolute Gasteiger partial charge is 0.467 e. The molecule has 0 heterocycles. The average molecular weight is 267 g/mol. The van der Waals surface area contributed by atoms with Crippen LogP contribution < -0.4 is 5.32 Å². The number of benzene rings is 1. The monoisotopic (exact) mass is 267 g/mol. The lowest BCUT2D eigenvalue weighted by Gasteiger charge is -2.21. The van der Waals surface area contributed by atoms with Gasteiger partial charge in [0.05, 0.1) is 12.7 Å². The second-order valence-electron chi connectivity index (χ2n) is 4.34. The highest BCUT2D eigenvalue weighted by atomic mass is 19.1. The molecule has 0 radical (unpaired) electrons. The number of hydrogen-bond donors (Lipinski definition) is 1. The van der Waals surface area contributed by atoms with E-state index in [1.165, 1.54) is 25.3 Å². The zero-order valence-electron chi connectivity index (χ0n) is 11.3. The van der Waals surface area contributed by atoms with Gasteiger partial charge in [-0.25, -0.2) is 9.18 Å². The van der Waals surface area contributed by atoms with Crippen LogP contribution in [0.25, 0.3) is 0 Å². The van der Waals surface area contributed by atoms with E-state index in [4.69, 9.17) is 0 Å². The molecule has 2 atom stereocenters. The minimum atomic E-state index is -0.776. The van der Waals surface area contributed by atoms with Crippen LogP contribution in [0.5, 0.6) is 0 Å². The number of carbonyl (C=O) groups is 2. The molecule has 0 aliphatic carbocycles. The normalized spacial score (nSPS) is 13.5. The third kappa shape index (κ3) is 3.77. The molecule has 0 aliphatic heterocycles. The van der Waals surface area contributed by atoms with Gasteiger partial charge in [0.25, 0.3) is 5.91 Å². The molecule has 19 heavy (non-hydrogen) atoms. The zero-order valence-corrected chi connectivity index (χ0v) is 11.3. The van der Waals surface area contributed by atoms with Crippen molar-refractivity contribution in [2.75, 3.05) is 7.11 Å². The van der Waals surface area contributed by atoms with E-state index in [0.29, 0.717) is 6.42 Å². The van der Waals surface area contributed by atoms with E-state index < -0.39 is 23.7 Å². The van der Waals surface area contributed by atoms with Crippen molar-refractivity contribution >= 4 is 11.9 Å². The molecule has 0 bridgehead atoms. The topological polar surface area (TPSA) is 55.4 Å². The highest BCUT2D eigenvalue weighted by molar-refractivity contribution is 5.97. The Morgan fingerprint density at radius 1 is 1.37 bits per heavy atom. The fraction of sp³-hybridized carbons (Fsp3) is 0.429. The van der Waals surface area contributed by atoms with E-state index in [9.17, 15) is 14.0 Å². The molecule has 0 aromatic heterocycles. The maximum Gasteiger partial charge on any atom is 0.328 e. The van der Waals surface area contributed by atoms with Gasteiger partial charge >= 0.3 is 5.97 Å². The first-order valence-electron chi connectivity index (χ1n) is 6.14. The van der Waals surface area contributed by atoms with Crippen molar-refractivity contribution in [1.82, 2.24) is 5.32 Å². The Morgan fingerprint density at radius 3 is 2.53 bits per heavy atom. The molecule has 5 heteroatoms. The van der Waals surface area contributed by atoms with Gasteiger partial charge in [0.15, 0.2) is 0 Å². The summed E-state index contributed by atoms with van der Waals surface area (Å²) in [5.41, 5.74) is -0.0836. The van der Waals surface area contributed by atoms with Crippen molar-refractivity contribution in [3.8, 4) is 0 Å². The minimum Gasteiger partial charge on any atom is -0.467 e. The Hall–Kier alpha value is -1.91. The molecule has 0 aliphatic rings. The SMILES string of the molecule is CC[C@H](C)[C@H](NC(=O)c1ccccc1F)C(=O)OC. The number of ether oxygens (including phenoxy) is 1. The Bertz CT molecular complexity index is 462. The third-order valence-corrected chi connectivity index (χ3v) is 3.07. The average Bonchev–Trinajstić information content (AvgIpc) is 2.43. The van der Waals surface area contributed by atoms with Gasteiger partial charge in [0.2, 0.25) is 0 Å². The molecule has 1 N–H and O–H groups in total. The molecule has 1 aromatic carbocycles. The van der Waals surface area contributed by atoms with Gasteiger partial charge in [0.1, 0.15) is 11.9 Å². The molecule has 0 saturated carbocycles. The molecule has 0 fully saturated rings. The van der Waals surface area contributed by atoms with E-state index in [0.717, 1.165) is 0 Å². The first-order chi connectivity index (χ1) is 9.01. The molecule has 0 unspecified atom stereocenters.